The summed E-state index contributed by atoms with van der Waals surface area (Å²) in [5.74, 6) is -1.25. The zero-order valence-electron chi connectivity index (χ0n) is 6.90. The molecule has 1 aliphatic heterocycles. The van der Waals surface area contributed by atoms with E-state index in [0.29, 0.717) is 0 Å². The summed E-state index contributed by atoms with van der Waals surface area (Å²) in [4.78, 5) is 14.4. The lowest BCUT2D eigenvalue weighted by molar-refractivity contribution is -0.159. The Kier molecular flexibility index (Phi) is 2.39. The van der Waals surface area contributed by atoms with Gasteiger partial charge in [-0.2, -0.15) is 0 Å². The summed E-state index contributed by atoms with van der Waals surface area (Å²) in [6, 6.07) is -0.755. The van der Waals surface area contributed by atoms with Gasteiger partial charge in [0.2, 0.25) is 0 Å². The van der Waals surface area contributed by atoms with Gasteiger partial charge in [0.1, 0.15) is 0 Å². The maximum atomic E-state index is 10.7. The molecule has 0 aromatic rings. The number of carboxylic acid groups (broad SMARTS) is 1. The van der Waals surface area contributed by atoms with Crippen molar-refractivity contribution in [2.24, 2.45) is 16.5 Å². The number of rotatable bonds is 3. The highest BCUT2D eigenvalue weighted by atomic mass is 16.4. The molecule has 2 atom stereocenters. The molecule has 0 aromatic heterocycles. The van der Waals surface area contributed by atoms with Gasteiger partial charge in [-0.1, -0.05) is 0 Å². The van der Waals surface area contributed by atoms with Gasteiger partial charge in [-0.3, -0.25) is 4.99 Å². The average Bonchev–Trinajstić information content (AvgIpc) is 2.50. The molecule has 0 bridgehead atoms. The first-order valence-electron chi connectivity index (χ1n) is 3.73. The zero-order chi connectivity index (χ0) is 10.1. The van der Waals surface area contributed by atoms with E-state index < -0.39 is 17.6 Å². The molecule has 0 radical (unpaired) electrons. The molecule has 0 spiro atoms. The summed E-state index contributed by atoms with van der Waals surface area (Å²) in [5.41, 5.74) is 8.43. The Morgan fingerprint density at radius 3 is 2.77 bits per heavy atom. The standard InChI is InChI=1S/C6H12N4O3/c7-2-6(13,4(11)12)3-1-9-5(8)10-3/h3,13H,1-2,7H2,(H,11,12)(H3,8,9,10). The monoisotopic (exact) mass is 188 g/mol. The Morgan fingerprint density at radius 2 is 2.46 bits per heavy atom. The highest BCUT2D eigenvalue weighted by molar-refractivity contribution is 5.84. The van der Waals surface area contributed by atoms with Crippen molar-refractivity contribution in [2.45, 2.75) is 11.6 Å². The number of guanidine groups is 1. The zero-order valence-corrected chi connectivity index (χ0v) is 6.90. The first-order chi connectivity index (χ1) is 6.00. The van der Waals surface area contributed by atoms with Crippen molar-refractivity contribution in [1.29, 1.82) is 0 Å². The maximum Gasteiger partial charge on any atom is 0.339 e. The predicted octanol–water partition coefficient (Wildman–Crippen LogP) is -2.95. The third-order valence-corrected chi connectivity index (χ3v) is 2.02. The Labute approximate surface area is 74.4 Å². The molecule has 2 unspecified atom stereocenters. The van der Waals surface area contributed by atoms with Crippen molar-refractivity contribution in [2.75, 3.05) is 13.1 Å². The number of nitrogens with one attached hydrogen (secondary N) is 1. The molecule has 1 rings (SSSR count). The number of carbonyl (C=O) groups is 1. The third kappa shape index (κ3) is 1.56. The van der Waals surface area contributed by atoms with Crippen LogP contribution in [0.1, 0.15) is 0 Å². The highest BCUT2D eigenvalue weighted by Crippen LogP contribution is 2.12. The molecule has 0 fully saturated rings. The van der Waals surface area contributed by atoms with Gasteiger partial charge in [-0.15, -0.1) is 0 Å². The fraction of sp³-hybridized carbons (Fsp3) is 0.667. The van der Waals surface area contributed by atoms with Crippen LogP contribution < -0.4 is 16.8 Å². The van der Waals surface area contributed by atoms with Crippen LogP contribution in [0, 0.1) is 0 Å². The maximum absolute atomic E-state index is 10.7. The van der Waals surface area contributed by atoms with Crippen LogP contribution in [-0.2, 0) is 4.79 Å². The van der Waals surface area contributed by atoms with Crippen LogP contribution in [-0.4, -0.2) is 46.9 Å². The van der Waals surface area contributed by atoms with Gasteiger partial charge in [0.15, 0.2) is 11.6 Å². The molecule has 1 aliphatic rings. The number of nitrogens with two attached hydrogens (primary N) is 2. The summed E-state index contributed by atoms with van der Waals surface area (Å²) >= 11 is 0. The van der Waals surface area contributed by atoms with E-state index in [-0.39, 0.29) is 19.0 Å². The fourth-order valence-electron chi connectivity index (χ4n) is 1.11. The second-order valence-corrected chi connectivity index (χ2v) is 2.86. The van der Waals surface area contributed by atoms with Crippen molar-refractivity contribution in [3.8, 4) is 0 Å². The van der Waals surface area contributed by atoms with Crippen LogP contribution in [0.3, 0.4) is 0 Å². The predicted molar refractivity (Wildman–Crippen MR) is 45.1 cm³/mol. The van der Waals surface area contributed by atoms with E-state index in [1.165, 1.54) is 0 Å². The molecule has 13 heavy (non-hydrogen) atoms. The minimum Gasteiger partial charge on any atom is -0.479 e. The van der Waals surface area contributed by atoms with Crippen LogP contribution in [0.2, 0.25) is 0 Å². The molecule has 0 saturated heterocycles. The molecular weight excluding hydrogens is 176 g/mol. The second-order valence-electron chi connectivity index (χ2n) is 2.86. The summed E-state index contributed by atoms with van der Waals surface area (Å²) in [6.07, 6.45) is 0. The van der Waals surface area contributed by atoms with E-state index in [1.807, 2.05) is 0 Å². The molecule has 74 valence electrons. The molecular formula is C6H12N4O3. The van der Waals surface area contributed by atoms with Gasteiger partial charge < -0.3 is 27.0 Å². The van der Waals surface area contributed by atoms with Crippen molar-refractivity contribution in [3.63, 3.8) is 0 Å². The first-order valence-corrected chi connectivity index (χ1v) is 3.73. The van der Waals surface area contributed by atoms with E-state index in [1.54, 1.807) is 0 Å². The number of hydrogen-bond acceptors (Lipinski definition) is 6. The Morgan fingerprint density at radius 1 is 1.85 bits per heavy atom. The van der Waals surface area contributed by atoms with Gasteiger partial charge in [0, 0.05) is 6.54 Å². The summed E-state index contributed by atoms with van der Waals surface area (Å²) in [6.45, 7) is -0.269. The Bertz CT molecular complexity index is 254. The Hall–Kier alpha value is -1.34. The highest BCUT2D eigenvalue weighted by Gasteiger charge is 2.45. The number of carboxylic acids is 1. The minimum absolute atomic E-state index is 0.117. The molecule has 7 N–H and O–H groups in total. The van der Waals surface area contributed by atoms with E-state index in [2.05, 4.69) is 10.3 Å². The Balaban J connectivity index is 2.74. The van der Waals surface area contributed by atoms with Gasteiger partial charge in [-0.05, 0) is 0 Å². The summed E-state index contributed by atoms with van der Waals surface area (Å²) in [5, 5.41) is 20.9. The number of aliphatic imine (C=N–C) groups is 1. The van der Waals surface area contributed by atoms with Gasteiger partial charge in [-0.25, -0.2) is 4.79 Å². The minimum atomic E-state index is -2.01. The lowest BCUT2D eigenvalue weighted by Crippen LogP contribution is -2.61. The van der Waals surface area contributed by atoms with Crippen LogP contribution in [0.4, 0.5) is 0 Å². The number of nitrogens with zero attached hydrogens (tertiary/aromatic N) is 1. The largest absolute Gasteiger partial charge is 0.479 e. The smallest absolute Gasteiger partial charge is 0.339 e. The third-order valence-electron chi connectivity index (χ3n) is 2.02. The van der Waals surface area contributed by atoms with E-state index >= 15 is 0 Å². The van der Waals surface area contributed by atoms with Gasteiger partial charge >= 0.3 is 5.97 Å². The van der Waals surface area contributed by atoms with Gasteiger partial charge in [0.05, 0.1) is 12.6 Å². The van der Waals surface area contributed by atoms with Crippen LogP contribution >= 0.6 is 0 Å². The van der Waals surface area contributed by atoms with Crippen LogP contribution in [0.15, 0.2) is 4.99 Å². The molecule has 0 saturated carbocycles. The molecule has 7 nitrogen and oxygen atoms in total. The van der Waals surface area contributed by atoms with Crippen molar-refractivity contribution < 1.29 is 15.0 Å². The molecule has 1 heterocycles. The lowest BCUT2D eigenvalue weighted by atomic mass is 9.95. The molecule has 0 aromatic carbocycles. The molecule has 7 heteroatoms. The summed E-state index contributed by atoms with van der Waals surface area (Å²) < 4.78 is 0. The van der Waals surface area contributed by atoms with E-state index in [9.17, 15) is 9.90 Å². The number of aliphatic carboxylic acids is 1. The molecule has 0 amide bonds. The van der Waals surface area contributed by atoms with E-state index in [4.69, 9.17) is 16.6 Å². The lowest BCUT2D eigenvalue weighted by Gasteiger charge is -2.27. The second kappa shape index (κ2) is 3.19. The SMILES string of the molecule is NCC(O)(C(=O)O)C1CN=C(N)N1. The normalized spacial score (nSPS) is 26.0. The summed E-state index contributed by atoms with van der Waals surface area (Å²) in [7, 11) is 0. The van der Waals surface area contributed by atoms with Gasteiger partial charge in [0.25, 0.3) is 0 Å². The molecule has 0 aliphatic carbocycles. The van der Waals surface area contributed by atoms with Crippen molar-refractivity contribution >= 4 is 11.9 Å². The average molecular weight is 188 g/mol. The topological polar surface area (TPSA) is 134 Å². The first kappa shape index (κ1) is 9.75. The number of aliphatic hydroxyl groups is 1. The van der Waals surface area contributed by atoms with Crippen molar-refractivity contribution in [3.05, 3.63) is 0 Å². The van der Waals surface area contributed by atoms with Crippen molar-refractivity contribution in [1.82, 2.24) is 5.32 Å². The van der Waals surface area contributed by atoms with Crippen LogP contribution in [0.5, 0.6) is 0 Å². The van der Waals surface area contributed by atoms with Crippen LogP contribution in [0.25, 0.3) is 0 Å². The fourth-order valence-corrected chi connectivity index (χ4v) is 1.11. The number of hydrogen-bond donors (Lipinski definition) is 5. The quantitative estimate of drug-likeness (QED) is 0.321. The van der Waals surface area contributed by atoms with E-state index in [0.717, 1.165) is 0 Å².